The summed E-state index contributed by atoms with van der Waals surface area (Å²) in [5.41, 5.74) is 6.10. The van der Waals surface area contributed by atoms with Gasteiger partial charge in [-0.2, -0.15) is 0 Å². The number of hydrogen-bond donors (Lipinski definition) is 8. The lowest BCUT2D eigenvalue weighted by atomic mass is 9.99. The highest BCUT2D eigenvalue weighted by Gasteiger charge is 2.48. The largest absolute Gasteiger partial charge is 0.481 e. The van der Waals surface area contributed by atoms with Crippen LogP contribution >= 0.6 is 0 Å². The Kier molecular flexibility index (Phi) is 18.8. The highest BCUT2D eigenvalue weighted by molar-refractivity contribution is 5.92. The van der Waals surface area contributed by atoms with Gasteiger partial charge in [0.15, 0.2) is 11.9 Å². The number of ketones is 1. The molecule has 8 N–H and O–H groups in total. The number of carbonyl (C=O) groups is 5. The number of hydrogen-bond acceptors (Lipinski definition) is 14. The molecule has 60 heavy (non-hydrogen) atoms. The Morgan fingerprint density at radius 1 is 0.867 bits per heavy atom. The first-order valence-electron chi connectivity index (χ1n) is 19.9. The molecule has 0 radical (unpaired) electrons. The minimum absolute atomic E-state index is 0.0325. The van der Waals surface area contributed by atoms with Gasteiger partial charge in [0.1, 0.15) is 24.1 Å². The van der Waals surface area contributed by atoms with E-state index in [-0.39, 0.29) is 81.7 Å². The van der Waals surface area contributed by atoms with Crippen LogP contribution in [0.3, 0.4) is 0 Å². The number of hydrazine groups is 1. The van der Waals surface area contributed by atoms with Gasteiger partial charge in [0, 0.05) is 50.7 Å². The standard InChI is InChI=1S/C41H57N5O14/c1-4-25-11-13-32(59-41-38(54)36(52)37(53)39(60-41)40(55)56)29(22-25)44-34(49)16-19-58-21-20-57-18-7-10-31(47)28(12-14-35(50)51)43-33(48)15-17-46-27(24-45(3)42-2)23-26-8-5-6-9-30(26)46/h5-6,8-9,11,13,22-23,28,36-39,41-42,52-54H,4,7,10,12,14-21,24H2,1-3H3,(H,43,48)(H,44,49)(H,50,51)(H,55,56)/t28-,36+,37+,38-,39+,41?/m1/s1. The summed E-state index contributed by atoms with van der Waals surface area (Å²) in [5, 5.41) is 57.5. The molecule has 1 saturated heterocycles. The number of Topliss-reactive ketones (excluding diaryl/α,β-unsaturated/α-hetero) is 1. The number of carbonyl (C=O) groups excluding carboxylic acids is 3. The average molecular weight is 844 g/mol. The fourth-order valence-electron chi connectivity index (χ4n) is 6.54. The number of para-hydroxylation sites is 1. The molecule has 0 bridgehead atoms. The van der Waals surface area contributed by atoms with Crippen molar-refractivity contribution >= 4 is 46.1 Å². The van der Waals surface area contributed by atoms with Crippen LogP contribution in [0.5, 0.6) is 5.75 Å². The maximum atomic E-state index is 13.1. The molecular weight excluding hydrogens is 786 g/mol. The Balaban J connectivity index is 1.17. The van der Waals surface area contributed by atoms with Crippen LogP contribution in [-0.2, 0) is 57.7 Å². The minimum Gasteiger partial charge on any atom is -0.481 e. The smallest absolute Gasteiger partial charge is 0.335 e. The maximum absolute atomic E-state index is 13.1. The Morgan fingerprint density at radius 3 is 2.30 bits per heavy atom. The number of benzene rings is 2. The maximum Gasteiger partial charge on any atom is 0.335 e. The van der Waals surface area contributed by atoms with E-state index in [2.05, 4.69) is 26.7 Å². The van der Waals surface area contributed by atoms with Crippen LogP contribution in [0.4, 0.5) is 5.69 Å². The molecule has 2 amide bonds. The van der Waals surface area contributed by atoms with Crippen molar-refractivity contribution in [1.29, 1.82) is 0 Å². The van der Waals surface area contributed by atoms with Gasteiger partial charge < -0.3 is 59.7 Å². The number of aromatic nitrogens is 1. The van der Waals surface area contributed by atoms with Gasteiger partial charge in [0.05, 0.1) is 44.5 Å². The Labute approximate surface area is 347 Å². The highest BCUT2D eigenvalue weighted by atomic mass is 16.7. The molecule has 4 rings (SSSR count). The van der Waals surface area contributed by atoms with E-state index >= 15 is 0 Å². The second-order valence-electron chi connectivity index (χ2n) is 14.4. The lowest BCUT2D eigenvalue weighted by molar-refractivity contribution is -0.271. The van der Waals surface area contributed by atoms with Gasteiger partial charge in [0.25, 0.3) is 0 Å². The van der Waals surface area contributed by atoms with Gasteiger partial charge in [-0.25, -0.2) is 9.80 Å². The number of ether oxygens (including phenoxy) is 4. The summed E-state index contributed by atoms with van der Waals surface area (Å²) in [6, 6.07) is 13.8. The zero-order valence-electron chi connectivity index (χ0n) is 34.1. The number of aliphatic hydroxyl groups is 3. The van der Waals surface area contributed by atoms with Gasteiger partial charge in [-0.3, -0.25) is 24.6 Å². The number of anilines is 1. The lowest BCUT2D eigenvalue weighted by Gasteiger charge is -2.38. The number of amides is 2. The predicted molar refractivity (Wildman–Crippen MR) is 216 cm³/mol. The van der Waals surface area contributed by atoms with Gasteiger partial charge >= 0.3 is 11.9 Å². The molecular formula is C41H57N5O14. The van der Waals surface area contributed by atoms with Gasteiger partial charge in [0.2, 0.25) is 18.1 Å². The van der Waals surface area contributed by atoms with E-state index in [0.29, 0.717) is 25.9 Å². The third-order valence-electron chi connectivity index (χ3n) is 9.95. The van der Waals surface area contributed by atoms with E-state index in [1.54, 1.807) is 12.1 Å². The van der Waals surface area contributed by atoms with Crippen LogP contribution in [0.15, 0.2) is 48.5 Å². The van der Waals surface area contributed by atoms with Crippen molar-refractivity contribution in [3.8, 4) is 5.75 Å². The second kappa shape index (κ2) is 23.7. The first kappa shape index (κ1) is 47.7. The van der Waals surface area contributed by atoms with Crippen molar-refractivity contribution in [2.75, 3.05) is 45.8 Å². The summed E-state index contributed by atoms with van der Waals surface area (Å²) in [5.74, 6) is -3.70. The molecule has 19 nitrogen and oxygen atoms in total. The Hall–Kier alpha value is -4.99. The summed E-state index contributed by atoms with van der Waals surface area (Å²) in [4.78, 5) is 61.8. The summed E-state index contributed by atoms with van der Waals surface area (Å²) in [6.45, 7) is 3.43. The van der Waals surface area contributed by atoms with E-state index in [0.717, 1.165) is 22.2 Å². The van der Waals surface area contributed by atoms with Crippen LogP contribution in [0, 0.1) is 0 Å². The first-order chi connectivity index (χ1) is 28.7. The molecule has 330 valence electrons. The van der Waals surface area contributed by atoms with E-state index in [4.69, 9.17) is 18.9 Å². The zero-order chi connectivity index (χ0) is 43.8. The van der Waals surface area contributed by atoms with E-state index in [1.165, 1.54) is 6.07 Å². The van der Waals surface area contributed by atoms with Gasteiger partial charge in [-0.15, -0.1) is 0 Å². The lowest BCUT2D eigenvalue weighted by Crippen LogP contribution is -2.61. The molecule has 0 spiro atoms. The Bertz CT molecular complexity index is 1910. The van der Waals surface area contributed by atoms with Crippen LogP contribution in [-0.4, -0.2) is 142 Å². The number of carboxylic acids is 2. The molecule has 0 aliphatic carbocycles. The fourth-order valence-corrected chi connectivity index (χ4v) is 6.54. The molecule has 6 atom stereocenters. The van der Waals surface area contributed by atoms with Crippen molar-refractivity contribution in [3.63, 3.8) is 0 Å². The van der Waals surface area contributed by atoms with E-state index < -0.39 is 54.6 Å². The normalized spacial score (nSPS) is 19.6. The van der Waals surface area contributed by atoms with Crippen LogP contribution < -0.4 is 20.8 Å². The van der Waals surface area contributed by atoms with Crippen LogP contribution in [0.25, 0.3) is 10.9 Å². The first-order valence-corrected chi connectivity index (χ1v) is 19.9. The fraction of sp³-hybridized carbons (Fsp3) is 0.537. The Morgan fingerprint density at radius 2 is 1.60 bits per heavy atom. The molecule has 1 aromatic heterocycles. The van der Waals surface area contributed by atoms with Crippen molar-refractivity contribution in [2.45, 2.75) is 102 Å². The van der Waals surface area contributed by atoms with E-state index in [9.17, 15) is 49.5 Å². The van der Waals surface area contributed by atoms with Crippen LogP contribution in [0.2, 0.25) is 0 Å². The molecule has 1 aliphatic rings. The SMILES string of the molecule is CCc1ccc(OC2O[C@H](C(=O)O)[C@@H](O)[C@H](O)[C@H]2O)c(NC(=O)CCOCCOCCCC(=O)[C@@H](CCC(=O)O)NC(=O)CCn2c(CN(C)NC)cc3ccccc32)c1. The van der Waals surface area contributed by atoms with Gasteiger partial charge in [-0.05, 0) is 61.5 Å². The number of aliphatic carboxylic acids is 2. The van der Waals surface area contributed by atoms with Crippen LogP contribution in [0.1, 0.15) is 56.7 Å². The molecule has 19 heteroatoms. The van der Waals surface area contributed by atoms with Crippen molar-refractivity contribution in [3.05, 3.63) is 59.8 Å². The molecule has 1 aliphatic heterocycles. The number of fused-ring (bicyclic) bond motifs is 1. The zero-order valence-corrected chi connectivity index (χ0v) is 34.1. The summed E-state index contributed by atoms with van der Waals surface area (Å²) < 4.78 is 24.0. The molecule has 0 saturated carbocycles. The average Bonchev–Trinajstić information content (AvgIpc) is 3.57. The van der Waals surface area contributed by atoms with Crippen molar-refractivity contribution in [2.24, 2.45) is 0 Å². The molecule has 2 heterocycles. The monoisotopic (exact) mass is 843 g/mol. The summed E-state index contributed by atoms with van der Waals surface area (Å²) in [7, 11) is 3.73. The number of aliphatic hydroxyl groups excluding tert-OH is 3. The van der Waals surface area contributed by atoms with Crippen molar-refractivity contribution < 1.29 is 68.5 Å². The third-order valence-corrected chi connectivity index (χ3v) is 9.95. The van der Waals surface area contributed by atoms with Gasteiger partial charge in [-0.1, -0.05) is 31.2 Å². The summed E-state index contributed by atoms with van der Waals surface area (Å²) >= 11 is 0. The topological polar surface area (TPSA) is 268 Å². The highest BCUT2D eigenvalue weighted by Crippen LogP contribution is 2.31. The molecule has 1 unspecified atom stereocenters. The number of aryl methyl sites for hydroxylation is 2. The third kappa shape index (κ3) is 14.1. The quantitative estimate of drug-likeness (QED) is 0.0417. The van der Waals surface area contributed by atoms with Crippen molar-refractivity contribution in [1.82, 2.24) is 20.3 Å². The van der Waals surface area contributed by atoms with E-state index in [1.807, 2.05) is 50.3 Å². The molecule has 2 aromatic carbocycles. The minimum atomic E-state index is -1.89. The molecule has 3 aromatic rings. The number of carboxylic acid groups (broad SMARTS) is 2. The molecule has 1 fully saturated rings. The number of rotatable bonds is 26. The second-order valence-corrected chi connectivity index (χ2v) is 14.4. The number of nitrogens with zero attached hydrogens (tertiary/aromatic N) is 2. The number of nitrogens with one attached hydrogen (secondary N) is 3. The summed E-state index contributed by atoms with van der Waals surface area (Å²) in [6.07, 6.45) is -8.32. The predicted octanol–water partition coefficient (Wildman–Crippen LogP) is 1.19.